The van der Waals surface area contributed by atoms with E-state index >= 15 is 0 Å². The van der Waals surface area contributed by atoms with E-state index in [0.717, 1.165) is 11.3 Å². The van der Waals surface area contributed by atoms with Crippen LogP contribution in [0.3, 0.4) is 0 Å². The van der Waals surface area contributed by atoms with Crippen LogP contribution in [-0.2, 0) is 15.4 Å². The normalized spacial score (nSPS) is 11.3. The minimum Gasteiger partial charge on any atom is -0.331 e. The van der Waals surface area contributed by atoms with Crippen molar-refractivity contribution in [2.75, 3.05) is 18.5 Å². The zero-order chi connectivity index (χ0) is 20.7. The van der Waals surface area contributed by atoms with Crippen molar-refractivity contribution in [1.29, 1.82) is 0 Å². The fourth-order valence-electron chi connectivity index (χ4n) is 3.08. The Morgan fingerprint density at radius 1 is 0.966 bits per heavy atom. The molecule has 0 aliphatic rings. The molecule has 0 saturated carbocycles. The first-order valence-corrected chi connectivity index (χ1v) is 9.77. The second kappa shape index (κ2) is 9.45. The van der Waals surface area contributed by atoms with Crippen molar-refractivity contribution < 1.29 is 14.3 Å². The van der Waals surface area contributed by atoms with Gasteiger partial charge in [0.25, 0.3) is 5.91 Å². The van der Waals surface area contributed by atoms with Gasteiger partial charge in [0.15, 0.2) is 0 Å². The van der Waals surface area contributed by atoms with Crippen LogP contribution in [0.1, 0.15) is 41.0 Å². The van der Waals surface area contributed by atoms with Crippen molar-refractivity contribution in [3.63, 3.8) is 0 Å². The number of pyridine rings is 1. The lowest BCUT2D eigenvalue weighted by molar-refractivity contribution is -0.222. The van der Waals surface area contributed by atoms with Crippen LogP contribution in [-0.4, -0.2) is 24.0 Å². The van der Waals surface area contributed by atoms with E-state index in [1.54, 1.807) is 18.3 Å². The van der Waals surface area contributed by atoms with E-state index in [1.165, 1.54) is 0 Å². The first-order chi connectivity index (χ1) is 14.1. The highest BCUT2D eigenvalue weighted by Gasteiger charge is 2.35. The van der Waals surface area contributed by atoms with Gasteiger partial charge in [-0.25, -0.2) is 0 Å². The summed E-state index contributed by atoms with van der Waals surface area (Å²) in [5, 5.41) is 3.34. The summed E-state index contributed by atoms with van der Waals surface area (Å²) < 4.78 is 12.1. The molecule has 5 heteroatoms. The van der Waals surface area contributed by atoms with Gasteiger partial charge in [-0.2, -0.15) is 0 Å². The Kier molecular flexibility index (Phi) is 6.75. The summed E-state index contributed by atoms with van der Waals surface area (Å²) in [4.78, 5) is 17.2. The predicted molar refractivity (Wildman–Crippen MR) is 114 cm³/mol. The second-order valence-electron chi connectivity index (χ2n) is 6.60. The van der Waals surface area contributed by atoms with Gasteiger partial charge in [0, 0.05) is 36.2 Å². The smallest absolute Gasteiger partial charge is 0.277 e. The lowest BCUT2D eigenvalue weighted by Crippen LogP contribution is -2.41. The van der Waals surface area contributed by atoms with E-state index < -0.39 is 5.91 Å². The van der Waals surface area contributed by atoms with Gasteiger partial charge in [-0.3, -0.25) is 9.78 Å². The van der Waals surface area contributed by atoms with E-state index in [2.05, 4.69) is 10.3 Å². The van der Waals surface area contributed by atoms with Crippen LogP contribution < -0.4 is 5.32 Å². The summed E-state index contributed by atoms with van der Waals surface area (Å²) in [6.07, 6.45) is 1.61. The summed E-state index contributed by atoms with van der Waals surface area (Å²) in [6, 6.07) is 20.7. The number of aromatic nitrogens is 1. The minimum atomic E-state index is -1.23. The highest BCUT2D eigenvalue weighted by atomic mass is 16.7. The molecule has 0 aliphatic heterocycles. The third-order valence-electron chi connectivity index (χ3n) is 4.46. The van der Waals surface area contributed by atoms with Crippen molar-refractivity contribution in [3.05, 3.63) is 95.3 Å². The molecule has 0 spiro atoms. The second-order valence-corrected chi connectivity index (χ2v) is 6.60. The largest absolute Gasteiger partial charge is 0.331 e. The number of nitrogens with one attached hydrogen (secondary N) is 1. The Morgan fingerprint density at radius 2 is 1.62 bits per heavy atom. The van der Waals surface area contributed by atoms with Crippen LogP contribution in [0.25, 0.3) is 0 Å². The van der Waals surface area contributed by atoms with Crippen LogP contribution in [0.2, 0.25) is 0 Å². The number of para-hydroxylation sites is 1. The summed E-state index contributed by atoms with van der Waals surface area (Å²) in [5.74, 6) is -1.37. The average Bonchev–Trinajstić information content (AvgIpc) is 2.75. The minimum absolute atomic E-state index is 0.145. The molecule has 1 N–H and O–H groups in total. The molecule has 0 radical (unpaired) electrons. The third-order valence-corrected chi connectivity index (χ3v) is 4.46. The number of aryl methyl sites for hydroxylation is 1. The third kappa shape index (κ3) is 4.88. The van der Waals surface area contributed by atoms with E-state index in [9.17, 15) is 4.79 Å². The van der Waals surface area contributed by atoms with Gasteiger partial charge in [0.2, 0.25) is 5.78 Å². The molecule has 2 aromatic carbocycles. The SMILES string of the molecule is CCOC(Nc1ccccc1)(OCC)c1ccnc(C(=O)c2ccc(C)cc2)c1. The Hall–Kier alpha value is -3.02. The van der Waals surface area contributed by atoms with Crippen LogP contribution in [0.4, 0.5) is 5.69 Å². The topological polar surface area (TPSA) is 60.4 Å². The first-order valence-electron chi connectivity index (χ1n) is 9.77. The fraction of sp³-hybridized carbons (Fsp3) is 0.250. The lowest BCUT2D eigenvalue weighted by Gasteiger charge is -2.35. The maximum Gasteiger partial charge on any atom is 0.277 e. The molecule has 0 unspecified atom stereocenters. The molecule has 1 heterocycles. The first kappa shape index (κ1) is 20.7. The maximum atomic E-state index is 12.9. The van der Waals surface area contributed by atoms with E-state index in [1.807, 2.05) is 75.4 Å². The Bertz CT molecular complexity index is 934. The fourth-order valence-corrected chi connectivity index (χ4v) is 3.08. The molecule has 5 nitrogen and oxygen atoms in total. The van der Waals surface area contributed by atoms with Gasteiger partial charge < -0.3 is 14.8 Å². The van der Waals surface area contributed by atoms with Crippen molar-refractivity contribution in [1.82, 2.24) is 4.98 Å². The molecule has 3 rings (SSSR count). The summed E-state index contributed by atoms with van der Waals surface area (Å²) in [7, 11) is 0. The number of hydrogen-bond acceptors (Lipinski definition) is 5. The molecular formula is C24H26N2O3. The number of benzene rings is 2. The number of carbonyl (C=O) groups is 1. The molecule has 29 heavy (non-hydrogen) atoms. The van der Waals surface area contributed by atoms with Crippen molar-refractivity contribution in [2.24, 2.45) is 0 Å². The monoisotopic (exact) mass is 390 g/mol. The Balaban J connectivity index is 2.00. The van der Waals surface area contributed by atoms with E-state index in [-0.39, 0.29) is 5.78 Å². The van der Waals surface area contributed by atoms with Crippen LogP contribution in [0.15, 0.2) is 72.9 Å². The number of hydrogen-bond donors (Lipinski definition) is 1. The standard InChI is InChI=1S/C24H26N2O3/c1-4-28-24(29-5-2,26-21-9-7-6-8-10-21)20-15-16-25-22(17-20)23(27)19-13-11-18(3)12-14-19/h6-17,26H,4-5H2,1-3H3. The molecule has 0 atom stereocenters. The molecule has 150 valence electrons. The summed E-state index contributed by atoms with van der Waals surface area (Å²) in [5.41, 5.74) is 3.55. The molecule has 0 saturated heterocycles. The predicted octanol–water partition coefficient (Wildman–Crippen LogP) is 4.92. The van der Waals surface area contributed by atoms with Crippen LogP contribution in [0.5, 0.6) is 0 Å². The Morgan fingerprint density at radius 3 is 2.24 bits per heavy atom. The molecule has 0 fully saturated rings. The zero-order valence-corrected chi connectivity index (χ0v) is 17.0. The molecule has 0 bridgehead atoms. The highest BCUT2D eigenvalue weighted by Crippen LogP contribution is 2.30. The number of ketones is 1. The number of ether oxygens (including phenoxy) is 2. The molecular weight excluding hydrogens is 364 g/mol. The quantitative estimate of drug-likeness (QED) is 0.415. The molecule has 0 aliphatic carbocycles. The van der Waals surface area contributed by atoms with Gasteiger partial charge in [-0.05, 0) is 45.0 Å². The van der Waals surface area contributed by atoms with Gasteiger partial charge in [-0.1, -0.05) is 48.0 Å². The Labute approximate surface area is 171 Å². The van der Waals surface area contributed by atoms with Gasteiger partial charge >= 0.3 is 0 Å². The molecule has 3 aromatic rings. The number of nitrogens with zero attached hydrogens (tertiary/aromatic N) is 1. The van der Waals surface area contributed by atoms with Gasteiger partial charge in [0.1, 0.15) is 5.69 Å². The zero-order valence-electron chi connectivity index (χ0n) is 17.0. The lowest BCUT2D eigenvalue weighted by atomic mass is 10.0. The number of carbonyl (C=O) groups excluding carboxylic acids is 1. The maximum absolute atomic E-state index is 12.9. The van der Waals surface area contributed by atoms with Crippen molar-refractivity contribution in [3.8, 4) is 0 Å². The summed E-state index contributed by atoms with van der Waals surface area (Å²) >= 11 is 0. The van der Waals surface area contributed by atoms with Crippen LogP contribution in [0, 0.1) is 6.92 Å². The molecule has 1 aromatic heterocycles. The average molecular weight is 390 g/mol. The molecule has 0 amide bonds. The highest BCUT2D eigenvalue weighted by molar-refractivity contribution is 6.07. The number of anilines is 1. The van der Waals surface area contributed by atoms with Gasteiger partial charge in [0.05, 0.1) is 0 Å². The summed E-state index contributed by atoms with van der Waals surface area (Å²) in [6.45, 7) is 6.63. The van der Waals surface area contributed by atoms with Crippen molar-refractivity contribution in [2.45, 2.75) is 26.7 Å². The van der Waals surface area contributed by atoms with Gasteiger partial charge in [-0.15, -0.1) is 0 Å². The number of rotatable bonds is 9. The van der Waals surface area contributed by atoms with Crippen LogP contribution >= 0.6 is 0 Å². The van der Waals surface area contributed by atoms with E-state index in [0.29, 0.717) is 30.0 Å². The van der Waals surface area contributed by atoms with Crippen molar-refractivity contribution >= 4 is 11.5 Å². The van der Waals surface area contributed by atoms with E-state index in [4.69, 9.17) is 9.47 Å².